The molecule has 1 aromatic rings. The zero-order valence-corrected chi connectivity index (χ0v) is 13.3. The summed E-state index contributed by atoms with van der Waals surface area (Å²) in [6, 6.07) is 6.80. The molecule has 0 aromatic heterocycles. The van der Waals surface area contributed by atoms with Crippen molar-refractivity contribution in [1.29, 1.82) is 0 Å². The molecule has 1 atom stereocenters. The van der Waals surface area contributed by atoms with Gasteiger partial charge in [0.05, 0.1) is 5.75 Å². The predicted octanol–water partition coefficient (Wildman–Crippen LogP) is 1.42. The Kier molecular flexibility index (Phi) is 6.45. The standard InChI is InChI=1S/C14H25N3O2S/c1-4-17(5-2)10-12(3)16-20(18,19)11-13-6-8-14(15)9-7-13/h6-9,12,16H,4-5,10-11,15H2,1-3H3. The van der Waals surface area contributed by atoms with Crippen molar-refractivity contribution in [3.05, 3.63) is 29.8 Å². The van der Waals surface area contributed by atoms with Crippen molar-refractivity contribution in [1.82, 2.24) is 9.62 Å². The molecule has 5 nitrogen and oxygen atoms in total. The van der Waals surface area contributed by atoms with Crippen LogP contribution < -0.4 is 10.5 Å². The Morgan fingerprint density at radius 1 is 1.20 bits per heavy atom. The second-order valence-electron chi connectivity index (χ2n) is 5.01. The summed E-state index contributed by atoms with van der Waals surface area (Å²) in [6.45, 7) is 8.58. The number of nitrogen functional groups attached to an aromatic ring is 1. The average Bonchev–Trinajstić information content (AvgIpc) is 2.37. The van der Waals surface area contributed by atoms with Crippen LogP contribution in [0.5, 0.6) is 0 Å². The second-order valence-corrected chi connectivity index (χ2v) is 6.76. The Bertz CT molecular complexity index is 496. The quantitative estimate of drug-likeness (QED) is 0.712. The van der Waals surface area contributed by atoms with Crippen molar-refractivity contribution >= 4 is 15.7 Å². The van der Waals surface area contributed by atoms with E-state index >= 15 is 0 Å². The summed E-state index contributed by atoms with van der Waals surface area (Å²) in [5.74, 6) is -0.0180. The largest absolute Gasteiger partial charge is 0.399 e. The van der Waals surface area contributed by atoms with Crippen molar-refractivity contribution in [2.45, 2.75) is 32.6 Å². The van der Waals surface area contributed by atoms with Gasteiger partial charge in [-0.2, -0.15) is 0 Å². The Labute approximate surface area is 122 Å². The fraction of sp³-hybridized carbons (Fsp3) is 0.571. The minimum absolute atomic E-state index is 0.0180. The van der Waals surface area contributed by atoms with Gasteiger partial charge in [-0.15, -0.1) is 0 Å². The Balaban J connectivity index is 2.58. The zero-order chi connectivity index (χ0) is 15.2. The van der Waals surface area contributed by atoms with Crippen LogP contribution >= 0.6 is 0 Å². The molecule has 0 spiro atoms. The van der Waals surface area contributed by atoms with Gasteiger partial charge in [0.2, 0.25) is 10.0 Å². The number of sulfonamides is 1. The molecule has 1 unspecified atom stereocenters. The number of benzene rings is 1. The third-order valence-electron chi connectivity index (χ3n) is 3.14. The predicted molar refractivity (Wildman–Crippen MR) is 83.9 cm³/mol. The smallest absolute Gasteiger partial charge is 0.216 e. The van der Waals surface area contributed by atoms with E-state index in [1.54, 1.807) is 24.3 Å². The van der Waals surface area contributed by atoms with Crippen LogP contribution in [0.3, 0.4) is 0 Å². The van der Waals surface area contributed by atoms with E-state index in [9.17, 15) is 8.42 Å². The van der Waals surface area contributed by atoms with Crippen molar-refractivity contribution in [3.8, 4) is 0 Å². The zero-order valence-electron chi connectivity index (χ0n) is 12.5. The van der Waals surface area contributed by atoms with Crippen LogP contribution in [0.4, 0.5) is 5.69 Å². The van der Waals surface area contributed by atoms with Crippen LogP contribution in [0.2, 0.25) is 0 Å². The number of hydrogen-bond acceptors (Lipinski definition) is 4. The minimum Gasteiger partial charge on any atom is -0.399 e. The number of anilines is 1. The molecule has 0 aliphatic carbocycles. The van der Waals surface area contributed by atoms with E-state index in [2.05, 4.69) is 23.5 Å². The van der Waals surface area contributed by atoms with Crippen LogP contribution in [0.15, 0.2) is 24.3 Å². The molecule has 1 aromatic carbocycles. The molecular formula is C14H25N3O2S. The maximum atomic E-state index is 12.1. The van der Waals surface area contributed by atoms with Crippen LogP contribution in [-0.2, 0) is 15.8 Å². The maximum absolute atomic E-state index is 12.1. The molecule has 6 heteroatoms. The highest BCUT2D eigenvalue weighted by Gasteiger charge is 2.16. The molecule has 0 fully saturated rings. The first-order chi connectivity index (χ1) is 9.36. The highest BCUT2D eigenvalue weighted by molar-refractivity contribution is 7.88. The molecule has 20 heavy (non-hydrogen) atoms. The molecule has 0 bridgehead atoms. The first-order valence-electron chi connectivity index (χ1n) is 6.93. The van der Waals surface area contributed by atoms with E-state index in [1.165, 1.54) is 0 Å². The normalized spacial score (nSPS) is 13.6. The van der Waals surface area contributed by atoms with E-state index in [4.69, 9.17) is 5.73 Å². The van der Waals surface area contributed by atoms with Crippen molar-refractivity contribution < 1.29 is 8.42 Å². The van der Waals surface area contributed by atoms with Crippen LogP contribution in [0.1, 0.15) is 26.3 Å². The lowest BCUT2D eigenvalue weighted by atomic mass is 10.2. The maximum Gasteiger partial charge on any atom is 0.216 e. The van der Waals surface area contributed by atoms with Crippen LogP contribution in [0.25, 0.3) is 0 Å². The monoisotopic (exact) mass is 299 g/mol. The van der Waals surface area contributed by atoms with Gasteiger partial charge < -0.3 is 10.6 Å². The molecule has 0 heterocycles. The van der Waals surface area contributed by atoms with E-state index in [0.717, 1.165) is 18.7 Å². The van der Waals surface area contributed by atoms with Gasteiger partial charge in [0, 0.05) is 18.3 Å². The highest BCUT2D eigenvalue weighted by Crippen LogP contribution is 2.09. The van der Waals surface area contributed by atoms with E-state index in [1.807, 2.05) is 6.92 Å². The number of likely N-dealkylation sites (N-methyl/N-ethyl adjacent to an activating group) is 1. The van der Waals surface area contributed by atoms with E-state index in [-0.39, 0.29) is 11.8 Å². The molecule has 0 saturated carbocycles. The SMILES string of the molecule is CCN(CC)CC(C)NS(=O)(=O)Cc1ccc(N)cc1. The summed E-state index contributed by atoms with van der Waals surface area (Å²) in [5, 5.41) is 0. The summed E-state index contributed by atoms with van der Waals surface area (Å²) in [4.78, 5) is 2.19. The lowest BCUT2D eigenvalue weighted by molar-refractivity contribution is 0.282. The van der Waals surface area contributed by atoms with E-state index < -0.39 is 10.0 Å². The van der Waals surface area contributed by atoms with E-state index in [0.29, 0.717) is 12.2 Å². The average molecular weight is 299 g/mol. The summed E-state index contributed by atoms with van der Waals surface area (Å²) in [7, 11) is -3.33. The van der Waals surface area contributed by atoms with Crippen LogP contribution in [-0.4, -0.2) is 39.0 Å². The van der Waals surface area contributed by atoms with Gasteiger partial charge >= 0.3 is 0 Å². The molecular weight excluding hydrogens is 274 g/mol. The topological polar surface area (TPSA) is 75.4 Å². The van der Waals surface area contributed by atoms with Crippen molar-refractivity contribution in [2.24, 2.45) is 0 Å². The third-order valence-corrected chi connectivity index (χ3v) is 4.62. The Hall–Kier alpha value is -1.11. The highest BCUT2D eigenvalue weighted by atomic mass is 32.2. The first-order valence-corrected chi connectivity index (χ1v) is 8.58. The van der Waals surface area contributed by atoms with Gasteiger partial charge in [-0.3, -0.25) is 0 Å². The van der Waals surface area contributed by atoms with Gasteiger partial charge in [-0.25, -0.2) is 13.1 Å². The second kappa shape index (κ2) is 7.61. The number of nitrogens with two attached hydrogens (primary N) is 1. The Morgan fingerprint density at radius 2 is 1.75 bits per heavy atom. The summed E-state index contributed by atoms with van der Waals surface area (Å²) >= 11 is 0. The minimum atomic E-state index is -3.33. The van der Waals surface area contributed by atoms with Crippen molar-refractivity contribution in [3.63, 3.8) is 0 Å². The van der Waals surface area contributed by atoms with Crippen LogP contribution in [0, 0.1) is 0 Å². The molecule has 0 saturated heterocycles. The molecule has 0 amide bonds. The van der Waals surface area contributed by atoms with Crippen molar-refractivity contribution in [2.75, 3.05) is 25.4 Å². The lowest BCUT2D eigenvalue weighted by Gasteiger charge is -2.23. The fourth-order valence-corrected chi connectivity index (χ4v) is 3.49. The van der Waals surface area contributed by atoms with Gasteiger partial charge in [0.1, 0.15) is 0 Å². The number of nitrogens with zero attached hydrogens (tertiary/aromatic N) is 1. The third kappa shape index (κ3) is 5.90. The van der Waals surface area contributed by atoms with Gasteiger partial charge in [-0.1, -0.05) is 26.0 Å². The molecule has 114 valence electrons. The summed E-state index contributed by atoms with van der Waals surface area (Å²) < 4.78 is 26.9. The summed E-state index contributed by atoms with van der Waals surface area (Å²) in [6.07, 6.45) is 0. The first kappa shape index (κ1) is 16.9. The molecule has 1 rings (SSSR count). The molecule has 0 aliphatic rings. The number of rotatable bonds is 8. The number of hydrogen-bond donors (Lipinski definition) is 2. The number of nitrogens with one attached hydrogen (secondary N) is 1. The lowest BCUT2D eigenvalue weighted by Crippen LogP contribution is -2.42. The molecule has 0 aliphatic heterocycles. The van der Waals surface area contributed by atoms with Gasteiger partial charge in [0.15, 0.2) is 0 Å². The van der Waals surface area contributed by atoms with Gasteiger partial charge in [0.25, 0.3) is 0 Å². The fourth-order valence-electron chi connectivity index (χ4n) is 2.09. The molecule has 0 radical (unpaired) electrons. The Morgan fingerprint density at radius 3 is 2.25 bits per heavy atom. The summed E-state index contributed by atoms with van der Waals surface area (Å²) in [5.41, 5.74) is 6.96. The molecule has 3 N–H and O–H groups in total. The van der Waals surface area contributed by atoms with Gasteiger partial charge in [-0.05, 0) is 37.7 Å².